The topological polar surface area (TPSA) is 108 Å². The molecule has 0 aromatic heterocycles. The summed E-state index contributed by atoms with van der Waals surface area (Å²) < 4.78 is 25.4. The number of anilines is 1. The van der Waals surface area contributed by atoms with Gasteiger partial charge in [0.25, 0.3) is 0 Å². The van der Waals surface area contributed by atoms with Crippen LogP contribution in [-0.4, -0.2) is 45.8 Å². The molecule has 1 saturated heterocycles. The van der Waals surface area contributed by atoms with Crippen LogP contribution in [0.5, 0.6) is 23.0 Å². The van der Waals surface area contributed by atoms with Gasteiger partial charge in [0.1, 0.15) is 28.8 Å². The largest absolute Gasteiger partial charge is 0.481 e. The Morgan fingerprint density at radius 2 is 1.48 bits per heavy atom. The van der Waals surface area contributed by atoms with Crippen molar-refractivity contribution in [2.45, 2.75) is 63.4 Å². The quantitative estimate of drug-likeness (QED) is 0.259. The fraction of sp³-hybridized carbons (Fsp3) is 0.394. The number of β-amino-alcohol motifs (C(OH)–C–C–N with tert-alkyl or cyclic N) is 1. The number of amides is 2. The highest BCUT2D eigenvalue weighted by Crippen LogP contribution is 2.39. The summed E-state index contributed by atoms with van der Waals surface area (Å²) >= 11 is 0. The van der Waals surface area contributed by atoms with Gasteiger partial charge in [0.2, 0.25) is 0 Å². The fourth-order valence-electron chi connectivity index (χ4n) is 5.77. The number of halogens is 1. The predicted molar refractivity (Wildman–Crippen MR) is 157 cm³/mol. The molecule has 0 radical (unpaired) electrons. The van der Waals surface area contributed by atoms with Gasteiger partial charge in [0.15, 0.2) is 0 Å². The van der Waals surface area contributed by atoms with Crippen LogP contribution < -0.4 is 14.8 Å². The molecule has 1 aliphatic heterocycles. The number of rotatable bonds is 8. The van der Waals surface area contributed by atoms with Gasteiger partial charge < -0.3 is 29.9 Å². The summed E-state index contributed by atoms with van der Waals surface area (Å²) in [6, 6.07) is 17.0. The standard InChI is InChI=1S/C33H37FN2O6/c1-32(2,30(37)38)22-8-12-26(13-9-22)41-28-18-25(19-29(20-28)42-27-14-10-24(34)11-15-27)35-31(39)36-17-16-33(40,21-36)23-6-4-3-5-7-23/h8-15,18-20,23,40H,3-7,16-17,21H2,1-2H3,(H,35,39)(H,37,38). The van der Waals surface area contributed by atoms with E-state index in [0.29, 0.717) is 47.2 Å². The molecular weight excluding hydrogens is 539 g/mol. The molecule has 1 aliphatic carbocycles. The van der Waals surface area contributed by atoms with E-state index in [1.807, 2.05) is 0 Å². The van der Waals surface area contributed by atoms with Crippen molar-refractivity contribution in [3.63, 3.8) is 0 Å². The molecule has 2 fully saturated rings. The maximum absolute atomic E-state index is 13.4. The monoisotopic (exact) mass is 576 g/mol. The molecule has 3 N–H and O–H groups in total. The number of ether oxygens (including phenoxy) is 2. The normalized spacial score (nSPS) is 19.4. The van der Waals surface area contributed by atoms with E-state index in [0.717, 1.165) is 25.7 Å². The molecule has 3 aromatic rings. The summed E-state index contributed by atoms with van der Waals surface area (Å²) in [5, 5.41) is 23.8. The first-order chi connectivity index (χ1) is 20.0. The number of benzene rings is 3. The SMILES string of the molecule is CC(C)(C(=O)O)c1ccc(Oc2cc(NC(=O)N3CCC(O)(C4CCCCC4)C3)cc(Oc3ccc(F)cc3)c2)cc1. The summed E-state index contributed by atoms with van der Waals surface area (Å²) in [5.41, 5.74) is -0.868. The zero-order valence-electron chi connectivity index (χ0n) is 23.9. The maximum atomic E-state index is 13.4. The Hall–Kier alpha value is -4.11. The Morgan fingerprint density at radius 3 is 2.05 bits per heavy atom. The molecule has 5 rings (SSSR count). The second-order valence-corrected chi connectivity index (χ2v) is 11.8. The molecule has 1 heterocycles. The van der Waals surface area contributed by atoms with Crippen LogP contribution in [0, 0.1) is 11.7 Å². The molecule has 0 bridgehead atoms. The van der Waals surface area contributed by atoms with Crippen LogP contribution in [-0.2, 0) is 10.2 Å². The second kappa shape index (κ2) is 12.0. The molecule has 1 atom stereocenters. The zero-order chi connectivity index (χ0) is 29.9. The van der Waals surface area contributed by atoms with E-state index >= 15 is 0 Å². The van der Waals surface area contributed by atoms with Crippen molar-refractivity contribution in [2.75, 3.05) is 18.4 Å². The number of nitrogens with one attached hydrogen (secondary N) is 1. The van der Waals surface area contributed by atoms with Gasteiger partial charge in [-0.1, -0.05) is 31.4 Å². The Labute approximate surface area is 245 Å². The van der Waals surface area contributed by atoms with Crippen LogP contribution in [0.2, 0.25) is 0 Å². The van der Waals surface area contributed by atoms with Crippen LogP contribution >= 0.6 is 0 Å². The number of hydrogen-bond acceptors (Lipinski definition) is 5. The minimum Gasteiger partial charge on any atom is -0.481 e. The van der Waals surface area contributed by atoms with Crippen LogP contribution in [0.4, 0.5) is 14.9 Å². The number of carbonyl (C=O) groups is 2. The van der Waals surface area contributed by atoms with Crippen molar-refractivity contribution in [3.05, 3.63) is 78.1 Å². The summed E-state index contributed by atoms with van der Waals surface area (Å²) in [7, 11) is 0. The van der Waals surface area contributed by atoms with Gasteiger partial charge in [-0.25, -0.2) is 9.18 Å². The molecule has 42 heavy (non-hydrogen) atoms. The maximum Gasteiger partial charge on any atom is 0.321 e. The highest BCUT2D eigenvalue weighted by molar-refractivity contribution is 5.90. The van der Waals surface area contributed by atoms with Gasteiger partial charge in [-0.05, 0) is 81.0 Å². The molecule has 1 unspecified atom stereocenters. The minimum absolute atomic E-state index is 0.212. The zero-order valence-corrected chi connectivity index (χ0v) is 23.9. The highest BCUT2D eigenvalue weighted by atomic mass is 19.1. The first-order valence-corrected chi connectivity index (χ1v) is 14.4. The van der Waals surface area contributed by atoms with E-state index in [1.54, 1.807) is 61.2 Å². The number of carboxylic acids is 1. The predicted octanol–water partition coefficient (Wildman–Crippen LogP) is 7.32. The third-order valence-electron chi connectivity index (χ3n) is 8.46. The Morgan fingerprint density at radius 1 is 0.905 bits per heavy atom. The van der Waals surface area contributed by atoms with Crippen molar-refractivity contribution in [2.24, 2.45) is 5.92 Å². The van der Waals surface area contributed by atoms with Crippen LogP contribution in [0.3, 0.4) is 0 Å². The number of aliphatic hydroxyl groups is 1. The molecule has 222 valence electrons. The van der Waals surface area contributed by atoms with Crippen molar-refractivity contribution in [1.82, 2.24) is 4.90 Å². The smallest absolute Gasteiger partial charge is 0.321 e. The fourth-order valence-corrected chi connectivity index (χ4v) is 5.77. The second-order valence-electron chi connectivity index (χ2n) is 11.8. The van der Waals surface area contributed by atoms with Gasteiger partial charge in [0, 0.05) is 30.4 Å². The van der Waals surface area contributed by atoms with Gasteiger partial charge in [-0.2, -0.15) is 0 Å². The van der Waals surface area contributed by atoms with E-state index in [2.05, 4.69) is 5.32 Å². The molecule has 2 amide bonds. The summed E-state index contributed by atoms with van der Waals surface area (Å²) in [6.07, 6.45) is 5.96. The van der Waals surface area contributed by atoms with Gasteiger partial charge >= 0.3 is 12.0 Å². The molecular formula is C33H37FN2O6. The molecule has 1 saturated carbocycles. The van der Waals surface area contributed by atoms with Gasteiger partial charge in [-0.15, -0.1) is 0 Å². The lowest BCUT2D eigenvalue weighted by Crippen LogP contribution is -2.43. The van der Waals surface area contributed by atoms with Crippen molar-refractivity contribution in [3.8, 4) is 23.0 Å². The molecule has 0 spiro atoms. The van der Waals surface area contributed by atoms with E-state index in [1.165, 1.54) is 30.7 Å². The third kappa shape index (κ3) is 6.68. The molecule has 2 aliphatic rings. The Kier molecular flexibility index (Phi) is 8.41. The van der Waals surface area contributed by atoms with Gasteiger partial charge in [-0.3, -0.25) is 4.79 Å². The van der Waals surface area contributed by atoms with Crippen molar-refractivity contribution >= 4 is 17.7 Å². The summed E-state index contributed by atoms with van der Waals surface area (Å²) in [4.78, 5) is 26.5. The third-order valence-corrected chi connectivity index (χ3v) is 8.46. The average Bonchev–Trinajstić information content (AvgIpc) is 3.38. The van der Waals surface area contributed by atoms with E-state index in [-0.39, 0.29) is 24.3 Å². The molecule has 3 aromatic carbocycles. The number of hydrogen-bond donors (Lipinski definition) is 3. The number of urea groups is 1. The number of aliphatic carboxylic acids is 1. The number of likely N-dealkylation sites (tertiary alicyclic amines) is 1. The van der Waals surface area contributed by atoms with Crippen molar-refractivity contribution < 1.29 is 33.7 Å². The number of carbonyl (C=O) groups excluding carboxylic acids is 1. The number of nitrogens with zero attached hydrogens (tertiary/aromatic N) is 1. The lowest BCUT2D eigenvalue weighted by atomic mass is 9.76. The minimum atomic E-state index is -1.06. The lowest BCUT2D eigenvalue weighted by molar-refractivity contribution is -0.142. The summed E-state index contributed by atoms with van der Waals surface area (Å²) in [6.45, 7) is 4.02. The first kappa shape index (κ1) is 29.4. The lowest BCUT2D eigenvalue weighted by Gasteiger charge is -2.35. The molecule has 8 nitrogen and oxygen atoms in total. The van der Waals surface area contributed by atoms with Crippen molar-refractivity contribution in [1.29, 1.82) is 0 Å². The first-order valence-electron chi connectivity index (χ1n) is 14.4. The van der Waals surface area contributed by atoms with Crippen LogP contribution in [0.25, 0.3) is 0 Å². The van der Waals surface area contributed by atoms with Crippen LogP contribution in [0.15, 0.2) is 66.7 Å². The Bertz CT molecular complexity index is 1420. The van der Waals surface area contributed by atoms with E-state index in [9.17, 15) is 24.2 Å². The van der Waals surface area contributed by atoms with E-state index < -0.39 is 17.0 Å². The molecule has 9 heteroatoms. The average molecular weight is 577 g/mol. The Balaban J connectivity index is 1.35. The van der Waals surface area contributed by atoms with Gasteiger partial charge in [0.05, 0.1) is 17.6 Å². The highest BCUT2D eigenvalue weighted by Gasteiger charge is 2.44. The van der Waals surface area contributed by atoms with E-state index in [4.69, 9.17) is 9.47 Å². The number of carboxylic acid groups (broad SMARTS) is 1. The summed E-state index contributed by atoms with van der Waals surface area (Å²) in [5.74, 6) is 0.493. The van der Waals surface area contributed by atoms with Crippen LogP contribution in [0.1, 0.15) is 57.9 Å².